The summed E-state index contributed by atoms with van der Waals surface area (Å²) in [6, 6.07) is 11.0. The monoisotopic (exact) mass is 286 g/mol. The van der Waals surface area contributed by atoms with E-state index in [1.54, 1.807) is 6.26 Å². The van der Waals surface area contributed by atoms with Crippen LogP contribution in [-0.2, 0) is 13.1 Å². The summed E-state index contributed by atoms with van der Waals surface area (Å²) in [6.07, 6.45) is 3.53. The lowest BCUT2D eigenvalue weighted by Crippen LogP contribution is -2.19. The fraction of sp³-hybridized carbons (Fsp3) is 0.444. The third-order valence-corrected chi connectivity index (χ3v) is 3.73. The second-order valence-electron chi connectivity index (χ2n) is 5.75. The lowest BCUT2D eigenvalue weighted by molar-refractivity contribution is 0.318. The molecule has 0 fully saturated rings. The predicted octanol–water partition coefficient (Wildman–Crippen LogP) is 3.62. The van der Waals surface area contributed by atoms with Crippen molar-refractivity contribution in [2.24, 2.45) is 0 Å². The fourth-order valence-corrected chi connectivity index (χ4v) is 2.49. The molecule has 0 spiro atoms. The van der Waals surface area contributed by atoms with Gasteiger partial charge in [-0.2, -0.15) is 0 Å². The maximum Gasteiger partial charge on any atom is 0.0947 e. The zero-order chi connectivity index (χ0) is 15.1. The first-order chi connectivity index (χ1) is 10.2. The average Bonchev–Trinajstić information content (AvgIpc) is 2.98. The first-order valence-electron chi connectivity index (χ1n) is 7.68. The van der Waals surface area contributed by atoms with Gasteiger partial charge in [-0.05, 0) is 36.7 Å². The third kappa shape index (κ3) is 5.03. The van der Waals surface area contributed by atoms with Crippen LogP contribution in [0.1, 0.15) is 36.5 Å². The van der Waals surface area contributed by atoms with Crippen LogP contribution in [0.2, 0.25) is 0 Å². The highest BCUT2D eigenvalue weighted by atomic mass is 16.3. The van der Waals surface area contributed by atoms with E-state index in [2.05, 4.69) is 55.4 Å². The molecular formula is C18H26N2O. The van der Waals surface area contributed by atoms with Gasteiger partial charge in [-0.15, -0.1) is 0 Å². The molecule has 1 aromatic heterocycles. The zero-order valence-electron chi connectivity index (χ0n) is 13.3. The van der Waals surface area contributed by atoms with Crippen molar-refractivity contribution in [3.63, 3.8) is 0 Å². The summed E-state index contributed by atoms with van der Waals surface area (Å²) < 4.78 is 5.11. The molecule has 1 N–H and O–H groups in total. The van der Waals surface area contributed by atoms with Gasteiger partial charge in [0, 0.05) is 25.2 Å². The molecule has 0 bridgehead atoms. The van der Waals surface area contributed by atoms with Gasteiger partial charge in [-0.3, -0.25) is 4.90 Å². The number of nitrogens with zero attached hydrogens (tertiary/aromatic N) is 1. The zero-order valence-corrected chi connectivity index (χ0v) is 13.3. The van der Waals surface area contributed by atoms with E-state index in [0.717, 1.165) is 26.2 Å². The van der Waals surface area contributed by atoms with Crippen LogP contribution in [-0.4, -0.2) is 25.0 Å². The number of hydrogen-bond acceptors (Lipinski definition) is 3. The number of benzene rings is 1. The molecule has 114 valence electrons. The number of hydrogen-bond donors (Lipinski definition) is 1. The Morgan fingerprint density at radius 2 is 1.81 bits per heavy atom. The van der Waals surface area contributed by atoms with Crippen LogP contribution in [0.15, 0.2) is 47.3 Å². The van der Waals surface area contributed by atoms with Crippen molar-refractivity contribution < 1.29 is 4.42 Å². The van der Waals surface area contributed by atoms with Gasteiger partial charge in [-0.1, -0.05) is 38.1 Å². The van der Waals surface area contributed by atoms with Crippen LogP contribution in [0.5, 0.6) is 0 Å². The minimum atomic E-state index is 0.558. The van der Waals surface area contributed by atoms with Crippen LogP contribution < -0.4 is 5.32 Å². The molecule has 0 saturated heterocycles. The molecule has 0 saturated carbocycles. The smallest absolute Gasteiger partial charge is 0.0947 e. The standard InChI is InChI=1S/C18H26N2O/c1-4-19-11-15(2)18-7-5-16(6-8-18)12-20(3)13-17-9-10-21-14-17/h5-10,14-15,19H,4,11-13H2,1-3H3. The van der Waals surface area contributed by atoms with Crippen LogP contribution in [0.3, 0.4) is 0 Å². The molecule has 2 aromatic rings. The minimum Gasteiger partial charge on any atom is -0.472 e. The number of likely N-dealkylation sites (N-methyl/N-ethyl adjacent to an activating group) is 1. The van der Waals surface area contributed by atoms with E-state index in [-0.39, 0.29) is 0 Å². The maximum absolute atomic E-state index is 5.11. The Kier molecular flexibility index (Phi) is 6.03. The van der Waals surface area contributed by atoms with Crippen molar-refractivity contribution in [3.05, 3.63) is 59.5 Å². The quantitative estimate of drug-likeness (QED) is 0.803. The van der Waals surface area contributed by atoms with Gasteiger partial charge in [0.05, 0.1) is 12.5 Å². The van der Waals surface area contributed by atoms with Gasteiger partial charge in [0.1, 0.15) is 0 Å². The van der Waals surface area contributed by atoms with E-state index < -0.39 is 0 Å². The Hall–Kier alpha value is -1.58. The molecule has 1 unspecified atom stereocenters. The molecule has 0 amide bonds. The van der Waals surface area contributed by atoms with Crippen molar-refractivity contribution in [2.75, 3.05) is 20.1 Å². The van der Waals surface area contributed by atoms with Gasteiger partial charge in [0.15, 0.2) is 0 Å². The van der Waals surface area contributed by atoms with Gasteiger partial charge in [0.25, 0.3) is 0 Å². The van der Waals surface area contributed by atoms with Crippen molar-refractivity contribution in [2.45, 2.75) is 32.9 Å². The molecule has 0 aliphatic carbocycles. The average molecular weight is 286 g/mol. The van der Waals surface area contributed by atoms with E-state index in [1.807, 2.05) is 12.3 Å². The second-order valence-corrected chi connectivity index (χ2v) is 5.75. The normalized spacial score (nSPS) is 12.8. The van der Waals surface area contributed by atoms with E-state index in [4.69, 9.17) is 4.42 Å². The summed E-state index contributed by atoms with van der Waals surface area (Å²) in [5.74, 6) is 0.558. The third-order valence-electron chi connectivity index (χ3n) is 3.73. The van der Waals surface area contributed by atoms with Crippen molar-refractivity contribution >= 4 is 0 Å². The molecule has 21 heavy (non-hydrogen) atoms. The Morgan fingerprint density at radius 3 is 2.43 bits per heavy atom. The van der Waals surface area contributed by atoms with E-state index in [1.165, 1.54) is 16.7 Å². The molecule has 1 aromatic carbocycles. The van der Waals surface area contributed by atoms with Crippen LogP contribution in [0.25, 0.3) is 0 Å². The van der Waals surface area contributed by atoms with Crippen molar-refractivity contribution in [3.8, 4) is 0 Å². The molecule has 0 radical (unpaired) electrons. The number of rotatable bonds is 8. The molecule has 0 aliphatic heterocycles. The summed E-state index contributed by atoms with van der Waals surface area (Å²) in [6.45, 7) is 8.34. The SMILES string of the molecule is CCNCC(C)c1ccc(CN(C)Cc2ccoc2)cc1. The number of furan rings is 1. The predicted molar refractivity (Wildman–Crippen MR) is 87.3 cm³/mol. The molecular weight excluding hydrogens is 260 g/mol. The molecule has 3 nitrogen and oxygen atoms in total. The number of nitrogens with one attached hydrogen (secondary N) is 1. The Labute approximate surface area is 128 Å². The van der Waals surface area contributed by atoms with Gasteiger partial charge in [-0.25, -0.2) is 0 Å². The van der Waals surface area contributed by atoms with Crippen molar-refractivity contribution in [1.82, 2.24) is 10.2 Å². The topological polar surface area (TPSA) is 28.4 Å². The van der Waals surface area contributed by atoms with E-state index in [0.29, 0.717) is 5.92 Å². The van der Waals surface area contributed by atoms with E-state index in [9.17, 15) is 0 Å². The largest absolute Gasteiger partial charge is 0.472 e. The molecule has 3 heteroatoms. The molecule has 1 heterocycles. The second kappa shape index (κ2) is 8.01. The minimum absolute atomic E-state index is 0.558. The molecule has 1 atom stereocenters. The first kappa shape index (κ1) is 15.8. The highest BCUT2D eigenvalue weighted by Crippen LogP contribution is 2.16. The van der Waals surface area contributed by atoms with Crippen molar-refractivity contribution in [1.29, 1.82) is 0 Å². The summed E-state index contributed by atoms with van der Waals surface area (Å²) in [5.41, 5.74) is 3.96. The highest BCUT2D eigenvalue weighted by molar-refractivity contribution is 5.25. The van der Waals surface area contributed by atoms with Gasteiger partial charge >= 0.3 is 0 Å². The molecule has 2 rings (SSSR count). The molecule has 0 aliphatic rings. The van der Waals surface area contributed by atoms with Crippen LogP contribution >= 0.6 is 0 Å². The highest BCUT2D eigenvalue weighted by Gasteiger charge is 2.06. The summed E-state index contributed by atoms with van der Waals surface area (Å²) in [7, 11) is 2.13. The van der Waals surface area contributed by atoms with Gasteiger partial charge < -0.3 is 9.73 Å². The Bertz CT molecular complexity index is 505. The maximum atomic E-state index is 5.11. The lowest BCUT2D eigenvalue weighted by atomic mass is 9.99. The first-order valence-corrected chi connectivity index (χ1v) is 7.68. The fourth-order valence-electron chi connectivity index (χ4n) is 2.49. The van der Waals surface area contributed by atoms with Crippen LogP contribution in [0.4, 0.5) is 0 Å². The van der Waals surface area contributed by atoms with Crippen LogP contribution in [0, 0.1) is 0 Å². The Balaban J connectivity index is 1.86. The lowest BCUT2D eigenvalue weighted by Gasteiger charge is -2.17. The van der Waals surface area contributed by atoms with Gasteiger partial charge in [0.2, 0.25) is 0 Å². The summed E-state index contributed by atoms with van der Waals surface area (Å²) in [4.78, 5) is 2.29. The Morgan fingerprint density at radius 1 is 1.10 bits per heavy atom. The summed E-state index contributed by atoms with van der Waals surface area (Å²) >= 11 is 0. The summed E-state index contributed by atoms with van der Waals surface area (Å²) in [5, 5.41) is 3.40. The van der Waals surface area contributed by atoms with E-state index >= 15 is 0 Å².